The fraction of sp³-hybridized carbons (Fsp3) is 0.625. The molecule has 0 radical (unpaired) electrons. The van der Waals surface area contributed by atoms with E-state index in [1.165, 1.54) is 6.42 Å². The van der Waals surface area contributed by atoms with E-state index in [0.29, 0.717) is 23.1 Å². The molecule has 2 unspecified atom stereocenters. The van der Waals surface area contributed by atoms with Crippen LogP contribution in [0.15, 0.2) is 12.1 Å². The molecule has 0 bridgehead atoms. The average Bonchev–Trinajstić information content (AvgIpc) is 2.46. The van der Waals surface area contributed by atoms with E-state index in [4.69, 9.17) is 31.5 Å². The van der Waals surface area contributed by atoms with E-state index in [-0.39, 0.29) is 12.1 Å². The van der Waals surface area contributed by atoms with Gasteiger partial charge in [0.05, 0.1) is 18.2 Å². The summed E-state index contributed by atoms with van der Waals surface area (Å²) in [6.07, 6.45) is 4.24. The lowest BCUT2D eigenvalue weighted by Crippen LogP contribution is -2.26. The van der Waals surface area contributed by atoms with Crippen molar-refractivity contribution in [3.05, 3.63) is 22.7 Å². The molecular weight excluding hydrogens is 290 g/mol. The number of benzene rings is 1. The third kappa shape index (κ3) is 4.77. The van der Waals surface area contributed by atoms with Gasteiger partial charge in [-0.3, -0.25) is 0 Å². The third-order valence-corrected chi connectivity index (χ3v) is 3.82. The lowest BCUT2D eigenvalue weighted by atomic mass is 10.1. The van der Waals surface area contributed by atoms with Gasteiger partial charge in [0.2, 0.25) is 0 Å². The van der Waals surface area contributed by atoms with Crippen LogP contribution in [0.5, 0.6) is 11.5 Å². The predicted molar refractivity (Wildman–Crippen MR) is 84.4 cm³/mol. The Balaban J connectivity index is 2.06. The molecule has 1 aromatic rings. The van der Waals surface area contributed by atoms with Gasteiger partial charge in [0.15, 0.2) is 11.5 Å². The van der Waals surface area contributed by atoms with Gasteiger partial charge in [-0.15, -0.1) is 0 Å². The Morgan fingerprint density at radius 3 is 2.86 bits per heavy atom. The van der Waals surface area contributed by atoms with Gasteiger partial charge in [-0.25, -0.2) is 0 Å². The van der Waals surface area contributed by atoms with E-state index < -0.39 is 0 Å². The zero-order valence-corrected chi connectivity index (χ0v) is 13.5. The van der Waals surface area contributed by atoms with Gasteiger partial charge in [-0.2, -0.15) is 0 Å². The van der Waals surface area contributed by atoms with Crippen LogP contribution in [0, 0.1) is 0 Å². The maximum Gasteiger partial charge on any atom is 0.179 e. The molecule has 1 saturated heterocycles. The molecule has 0 aromatic heterocycles. The van der Waals surface area contributed by atoms with Gasteiger partial charge in [0.1, 0.15) is 6.61 Å². The molecule has 1 aliphatic rings. The summed E-state index contributed by atoms with van der Waals surface area (Å²) in [5.74, 6) is 1.23. The fourth-order valence-corrected chi connectivity index (χ4v) is 2.81. The minimum Gasteiger partial charge on any atom is -0.493 e. The van der Waals surface area contributed by atoms with Crippen molar-refractivity contribution in [2.75, 3.05) is 20.3 Å². The first-order valence-electron chi connectivity index (χ1n) is 7.46. The van der Waals surface area contributed by atoms with Crippen molar-refractivity contribution >= 4 is 11.6 Å². The van der Waals surface area contributed by atoms with Gasteiger partial charge in [0, 0.05) is 12.6 Å². The molecule has 1 fully saturated rings. The van der Waals surface area contributed by atoms with Gasteiger partial charge < -0.3 is 19.9 Å². The highest BCUT2D eigenvalue weighted by Gasteiger charge is 2.18. The second kappa shape index (κ2) is 7.87. The van der Waals surface area contributed by atoms with Crippen LogP contribution in [-0.4, -0.2) is 32.5 Å². The third-order valence-electron chi connectivity index (χ3n) is 3.53. The van der Waals surface area contributed by atoms with Crippen LogP contribution in [0.3, 0.4) is 0 Å². The smallest absolute Gasteiger partial charge is 0.179 e. The molecule has 1 aliphatic heterocycles. The number of ether oxygens (including phenoxy) is 3. The molecule has 2 N–H and O–H groups in total. The first kappa shape index (κ1) is 16.4. The highest BCUT2D eigenvalue weighted by atomic mass is 35.5. The van der Waals surface area contributed by atoms with Crippen molar-refractivity contribution in [1.29, 1.82) is 0 Å². The molecule has 0 saturated carbocycles. The summed E-state index contributed by atoms with van der Waals surface area (Å²) in [5.41, 5.74) is 6.88. The zero-order valence-electron chi connectivity index (χ0n) is 12.7. The van der Waals surface area contributed by atoms with Crippen molar-refractivity contribution in [3.8, 4) is 11.5 Å². The second-order valence-electron chi connectivity index (χ2n) is 5.59. The summed E-state index contributed by atoms with van der Waals surface area (Å²) in [5, 5.41) is 0.556. The molecule has 0 aliphatic carbocycles. The van der Waals surface area contributed by atoms with Crippen LogP contribution in [0.4, 0.5) is 0 Å². The van der Waals surface area contributed by atoms with Gasteiger partial charge in [-0.05, 0) is 50.3 Å². The van der Waals surface area contributed by atoms with Gasteiger partial charge in [-0.1, -0.05) is 11.6 Å². The average molecular weight is 314 g/mol. The molecule has 2 atom stereocenters. The maximum atomic E-state index is 6.33. The van der Waals surface area contributed by atoms with E-state index in [2.05, 4.69) is 0 Å². The van der Waals surface area contributed by atoms with Crippen LogP contribution in [0.1, 0.15) is 31.7 Å². The van der Waals surface area contributed by atoms with Crippen molar-refractivity contribution in [2.24, 2.45) is 5.73 Å². The summed E-state index contributed by atoms with van der Waals surface area (Å²) in [7, 11) is 1.62. The van der Waals surface area contributed by atoms with E-state index in [1.807, 2.05) is 19.1 Å². The normalized spacial score (nSPS) is 20.1. The Kier molecular flexibility index (Phi) is 6.15. The Morgan fingerprint density at radius 1 is 1.43 bits per heavy atom. The number of hydrogen-bond donors (Lipinski definition) is 1. The van der Waals surface area contributed by atoms with Gasteiger partial charge >= 0.3 is 0 Å². The molecule has 5 heteroatoms. The van der Waals surface area contributed by atoms with E-state index in [0.717, 1.165) is 31.4 Å². The monoisotopic (exact) mass is 313 g/mol. The summed E-state index contributed by atoms with van der Waals surface area (Å²) >= 11 is 6.33. The topological polar surface area (TPSA) is 53.7 Å². The lowest BCUT2D eigenvalue weighted by Gasteiger charge is -2.23. The first-order valence-corrected chi connectivity index (χ1v) is 7.84. The summed E-state index contributed by atoms with van der Waals surface area (Å²) in [4.78, 5) is 0. The minimum atomic E-state index is 0.0770. The predicted octanol–water partition coefficient (Wildman–Crippen LogP) is 3.19. The van der Waals surface area contributed by atoms with Gasteiger partial charge in [0.25, 0.3) is 0 Å². The van der Waals surface area contributed by atoms with E-state index in [1.54, 1.807) is 7.11 Å². The molecular formula is C16H24ClNO3. The van der Waals surface area contributed by atoms with Crippen LogP contribution in [0.25, 0.3) is 0 Å². The minimum absolute atomic E-state index is 0.0770. The second-order valence-corrected chi connectivity index (χ2v) is 6.00. The number of methoxy groups -OCH3 is 1. The van der Waals surface area contributed by atoms with Crippen molar-refractivity contribution < 1.29 is 14.2 Å². The summed E-state index contributed by atoms with van der Waals surface area (Å²) in [6, 6.07) is 3.91. The molecule has 2 rings (SSSR count). The highest BCUT2D eigenvalue weighted by molar-refractivity contribution is 6.32. The SMILES string of the molecule is COc1cc(CC(C)N)cc(Cl)c1OCC1CCCCO1. The fourth-order valence-electron chi connectivity index (χ4n) is 2.52. The van der Waals surface area contributed by atoms with Crippen molar-refractivity contribution in [1.82, 2.24) is 0 Å². The maximum absolute atomic E-state index is 6.33. The molecule has 1 heterocycles. The number of halogens is 1. The molecule has 21 heavy (non-hydrogen) atoms. The van der Waals surface area contributed by atoms with Crippen molar-refractivity contribution in [2.45, 2.75) is 44.8 Å². The Bertz CT molecular complexity index is 459. The molecule has 0 spiro atoms. The Hall–Kier alpha value is -0.970. The number of rotatable bonds is 6. The molecule has 118 valence electrons. The molecule has 1 aromatic carbocycles. The van der Waals surface area contributed by atoms with E-state index in [9.17, 15) is 0 Å². The number of nitrogens with two attached hydrogens (primary N) is 1. The largest absolute Gasteiger partial charge is 0.493 e. The van der Waals surface area contributed by atoms with Crippen LogP contribution < -0.4 is 15.2 Å². The zero-order chi connectivity index (χ0) is 15.2. The lowest BCUT2D eigenvalue weighted by molar-refractivity contribution is -0.0114. The number of hydrogen-bond acceptors (Lipinski definition) is 4. The standard InChI is InChI=1S/C16H24ClNO3/c1-11(18)7-12-8-14(17)16(15(9-12)19-2)21-10-13-5-3-4-6-20-13/h8-9,11,13H,3-7,10,18H2,1-2H3. The quantitative estimate of drug-likeness (QED) is 0.876. The molecule has 4 nitrogen and oxygen atoms in total. The Morgan fingerprint density at radius 2 is 2.24 bits per heavy atom. The van der Waals surface area contributed by atoms with Crippen LogP contribution >= 0.6 is 11.6 Å². The highest BCUT2D eigenvalue weighted by Crippen LogP contribution is 2.37. The molecule has 0 amide bonds. The Labute approximate surface area is 131 Å². The summed E-state index contributed by atoms with van der Waals surface area (Å²) < 4.78 is 16.9. The van der Waals surface area contributed by atoms with Crippen LogP contribution in [0.2, 0.25) is 5.02 Å². The van der Waals surface area contributed by atoms with Crippen LogP contribution in [-0.2, 0) is 11.2 Å². The first-order chi connectivity index (χ1) is 10.1. The van der Waals surface area contributed by atoms with Crippen molar-refractivity contribution in [3.63, 3.8) is 0 Å². The summed E-state index contributed by atoms with van der Waals surface area (Å²) in [6.45, 7) is 3.28. The van der Waals surface area contributed by atoms with E-state index >= 15 is 0 Å².